The molecular weight excluding hydrogens is 829 g/mol. The molecule has 6 rings (SSSR count). The van der Waals surface area contributed by atoms with Crippen LogP contribution in [0.3, 0.4) is 0 Å². The molecule has 0 aromatic heterocycles. The van der Waals surface area contributed by atoms with Crippen molar-refractivity contribution in [2.24, 2.45) is 56.7 Å². The van der Waals surface area contributed by atoms with Gasteiger partial charge in [0, 0.05) is 17.3 Å². The third-order valence-corrected chi connectivity index (χ3v) is 18.5. The first-order chi connectivity index (χ1) is 29.6. The largest absolute Gasteiger partial charge is 0.460 e. The molecule has 5 saturated carbocycles. The van der Waals surface area contributed by atoms with Crippen molar-refractivity contribution in [2.45, 2.75) is 247 Å². The van der Waals surface area contributed by atoms with E-state index in [1.54, 1.807) is 55.4 Å². The summed E-state index contributed by atoms with van der Waals surface area (Å²) in [6.45, 7) is 33.3. The molecule has 2 spiro atoms. The number of fused-ring (bicyclic) bond motifs is 2. The number of carbonyl (C=O) groups is 4. The summed E-state index contributed by atoms with van der Waals surface area (Å²) in [5.74, 6) is -1.75. The minimum atomic E-state index is -1.01. The summed E-state index contributed by atoms with van der Waals surface area (Å²) in [7, 11) is 0. The van der Waals surface area contributed by atoms with E-state index in [9.17, 15) is 29.4 Å². The molecule has 1 saturated heterocycles. The second kappa shape index (κ2) is 17.1. The molecule has 0 radical (unpaired) electrons. The fraction of sp³-hybridized carbons (Fsp3) is 0.923. The van der Waals surface area contributed by atoms with Crippen LogP contribution in [0.4, 0.5) is 9.59 Å². The van der Waals surface area contributed by atoms with Gasteiger partial charge in [0.05, 0.1) is 23.4 Å². The maximum Gasteiger partial charge on any atom is 0.408 e. The molecule has 0 bridgehead atoms. The molecule has 372 valence electrons. The van der Waals surface area contributed by atoms with E-state index in [0.717, 1.165) is 38.5 Å². The van der Waals surface area contributed by atoms with Crippen LogP contribution in [0.2, 0.25) is 0 Å². The fourth-order valence-electron chi connectivity index (χ4n) is 15.1. The van der Waals surface area contributed by atoms with E-state index >= 15 is 0 Å². The van der Waals surface area contributed by atoms with Gasteiger partial charge in [-0.25, -0.2) is 19.2 Å². The third kappa shape index (κ3) is 9.07. The summed E-state index contributed by atoms with van der Waals surface area (Å²) in [4.78, 5) is 55.5. The lowest BCUT2D eigenvalue weighted by atomic mass is 9.41. The maximum absolute atomic E-state index is 14.8. The van der Waals surface area contributed by atoms with Crippen LogP contribution in [0.1, 0.15) is 188 Å². The van der Waals surface area contributed by atoms with Crippen molar-refractivity contribution in [3.63, 3.8) is 0 Å². The monoisotopic (exact) mass is 917 g/mol. The van der Waals surface area contributed by atoms with Crippen molar-refractivity contribution < 1.29 is 53.1 Å². The number of alkyl carbamates (subject to hydrolysis) is 2. The molecule has 1 heterocycles. The van der Waals surface area contributed by atoms with Gasteiger partial charge in [0.15, 0.2) is 0 Å². The van der Waals surface area contributed by atoms with Crippen molar-refractivity contribution in [2.75, 3.05) is 0 Å². The highest BCUT2D eigenvalue weighted by Crippen LogP contribution is 2.89. The summed E-state index contributed by atoms with van der Waals surface area (Å²) < 4.78 is 31.5. The highest BCUT2D eigenvalue weighted by atomic mass is 16.6. The van der Waals surface area contributed by atoms with Crippen LogP contribution in [0.25, 0.3) is 0 Å². The van der Waals surface area contributed by atoms with Crippen LogP contribution >= 0.6 is 0 Å². The quantitative estimate of drug-likeness (QED) is 0.108. The standard InChI is InChI=1S/C52H88N2O11/c1-18-29(3)36(53-42(58)64-44(5,6)7)40(56)61-32-26-33-49(16)27-31(55)38(50(17)22-20-35(63-50)47(13,14)60)48(49,15)24-25-51(33)28-52(51)23-21-34(46(11,12)39(32)52)62-41(57)37(30(4)19-2)54-43(59)65-45(8,9)10/h29-39,55,60H,18-28H2,1-17H3,(H,53,58)(H,54,59)/t29?,30?,31-,32-,33?,34-,35-,36-,37-,38-,39-,48+,49-,50+,51?,52+/m0/s1. The molecule has 16 atom stereocenters. The first kappa shape index (κ1) is 51.7. The second-order valence-electron chi connectivity index (χ2n) is 25.7. The van der Waals surface area contributed by atoms with E-state index in [1.807, 2.05) is 27.7 Å². The van der Waals surface area contributed by atoms with Crippen molar-refractivity contribution in [1.82, 2.24) is 10.6 Å². The Morgan fingerprint density at radius 1 is 0.708 bits per heavy atom. The molecule has 13 nitrogen and oxygen atoms in total. The van der Waals surface area contributed by atoms with Gasteiger partial charge in [0.25, 0.3) is 0 Å². The van der Waals surface area contributed by atoms with Gasteiger partial charge < -0.3 is 44.5 Å². The SMILES string of the molecule is CCC(C)[C@H](NC(=O)OC(C)(C)C)C(=O)O[C@H]1CC2C3(CC[C@]4(C)[C@@H]([C@@]5(C)CC[C@@H](C(C)(C)O)O5)[C@@H](O)C[C@@]24C)C[C@@]32CC[C@H](OC(=O)[C@@H](NC(=O)OC(C)(C)C)C(C)CC)C(C)(C)[C@H]12. The number of amides is 2. The van der Waals surface area contributed by atoms with Gasteiger partial charge in [-0.05, 0) is 160 Å². The van der Waals surface area contributed by atoms with Gasteiger partial charge in [-0.1, -0.05) is 68.2 Å². The third-order valence-electron chi connectivity index (χ3n) is 18.5. The van der Waals surface area contributed by atoms with Crippen LogP contribution in [-0.4, -0.2) is 93.2 Å². The Labute approximate surface area is 390 Å². The smallest absolute Gasteiger partial charge is 0.408 e. The van der Waals surface area contributed by atoms with Crippen LogP contribution in [0.15, 0.2) is 0 Å². The lowest BCUT2D eigenvalue weighted by molar-refractivity contribution is -0.226. The first-order valence-electron chi connectivity index (χ1n) is 25.1. The van der Waals surface area contributed by atoms with Crippen molar-refractivity contribution in [3.8, 4) is 0 Å². The van der Waals surface area contributed by atoms with E-state index in [-0.39, 0.29) is 57.4 Å². The molecule has 0 aromatic rings. The molecule has 65 heavy (non-hydrogen) atoms. The van der Waals surface area contributed by atoms with E-state index < -0.39 is 82.3 Å². The van der Waals surface area contributed by atoms with Crippen LogP contribution in [0.5, 0.6) is 0 Å². The molecule has 13 heteroatoms. The molecular formula is C52H88N2O11. The van der Waals surface area contributed by atoms with Crippen molar-refractivity contribution in [1.29, 1.82) is 0 Å². The Morgan fingerprint density at radius 3 is 1.71 bits per heavy atom. The number of hydrogen-bond acceptors (Lipinski definition) is 11. The Hall–Kier alpha value is -2.64. The van der Waals surface area contributed by atoms with Gasteiger partial charge in [-0.3, -0.25) is 0 Å². The Balaban J connectivity index is 1.37. The number of hydrogen-bond donors (Lipinski definition) is 4. The number of ether oxygens (including phenoxy) is 5. The minimum Gasteiger partial charge on any atom is -0.460 e. The summed E-state index contributed by atoms with van der Waals surface area (Å²) in [6.07, 6.45) is 4.64. The minimum absolute atomic E-state index is 0.0782. The molecule has 6 aliphatic rings. The van der Waals surface area contributed by atoms with E-state index in [1.165, 1.54) is 0 Å². The zero-order valence-electron chi connectivity index (χ0n) is 43.2. The molecule has 6 fully saturated rings. The zero-order valence-corrected chi connectivity index (χ0v) is 43.2. The fourth-order valence-corrected chi connectivity index (χ4v) is 15.1. The first-order valence-corrected chi connectivity index (χ1v) is 25.1. The number of aliphatic hydroxyl groups excluding tert-OH is 1. The molecule has 0 aromatic carbocycles. The number of esters is 2. The molecule has 4 N–H and O–H groups in total. The van der Waals surface area contributed by atoms with Gasteiger partial charge in [-0.15, -0.1) is 0 Å². The number of aliphatic hydroxyl groups is 2. The average Bonchev–Trinajstić information content (AvgIpc) is 3.52. The van der Waals surface area contributed by atoms with E-state index in [0.29, 0.717) is 32.1 Å². The summed E-state index contributed by atoms with van der Waals surface area (Å²) >= 11 is 0. The average molecular weight is 917 g/mol. The van der Waals surface area contributed by atoms with Crippen molar-refractivity contribution >= 4 is 24.1 Å². The topological polar surface area (TPSA) is 179 Å². The summed E-state index contributed by atoms with van der Waals surface area (Å²) in [5.41, 5.74) is -4.78. The second-order valence-corrected chi connectivity index (χ2v) is 25.7. The van der Waals surface area contributed by atoms with Crippen LogP contribution in [0, 0.1) is 56.7 Å². The highest BCUT2D eigenvalue weighted by Gasteiger charge is 2.85. The number of nitrogens with one attached hydrogen (secondary N) is 2. The summed E-state index contributed by atoms with van der Waals surface area (Å²) in [5, 5.41) is 29.1. The predicted molar refractivity (Wildman–Crippen MR) is 247 cm³/mol. The van der Waals surface area contributed by atoms with Crippen LogP contribution in [-0.2, 0) is 33.3 Å². The predicted octanol–water partition coefficient (Wildman–Crippen LogP) is 9.42. The molecule has 5 aliphatic carbocycles. The zero-order chi connectivity index (χ0) is 48.9. The molecule has 1 aliphatic heterocycles. The van der Waals surface area contributed by atoms with Gasteiger partial charge in [0.1, 0.15) is 35.5 Å². The molecule has 4 unspecified atom stereocenters. The van der Waals surface area contributed by atoms with Crippen LogP contribution < -0.4 is 10.6 Å². The molecule has 2 amide bonds. The lowest BCUT2D eigenvalue weighted by Gasteiger charge is -2.64. The van der Waals surface area contributed by atoms with E-state index in [2.05, 4.69) is 45.3 Å². The Morgan fingerprint density at radius 2 is 1.23 bits per heavy atom. The lowest BCUT2D eigenvalue weighted by Crippen LogP contribution is -2.63. The Kier molecular flexibility index (Phi) is 13.6. The van der Waals surface area contributed by atoms with Gasteiger partial charge >= 0.3 is 24.1 Å². The number of rotatable bonds is 12. The highest BCUT2D eigenvalue weighted by molar-refractivity contribution is 5.82. The van der Waals surface area contributed by atoms with E-state index in [4.69, 9.17) is 23.7 Å². The Bertz CT molecular complexity index is 1820. The summed E-state index contributed by atoms with van der Waals surface area (Å²) in [6, 6.07) is -1.88. The van der Waals surface area contributed by atoms with Gasteiger partial charge in [0.2, 0.25) is 0 Å². The van der Waals surface area contributed by atoms with Gasteiger partial charge in [-0.2, -0.15) is 0 Å². The maximum atomic E-state index is 14.8. The van der Waals surface area contributed by atoms with Crippen molar-refractivity contribution in [3.05, 3.63) is 0 Å². The normalized spacial score (nSPS) is 40.3. The number of carbonyl (C=O) groups excluding carboxylic acids is 4.